The van der Waals surface area contributed by atoms with Gasteiger partial charge in [-0.2, -0.15) is 0 Å². The summed E-state index contributed by atoms with van der Waals surface area (Å²) in [5, 5.41) is 23.0. The number of nitro benzene ring substituents is 1. The Hall–Kier alpha value is -1.37. The minimum atomic E-state index is -0.863. The molecule has 0 aliphatic heterocycles. The van der Waals surface area contributed by atoms with Crippen LogP contribution in [0.4, 0.5) is 5.69 Å². The van der Waals surface area contributed by atoms with Crippen LogP contribution in [0.2, 0.25) is 10.0 Å². The lowest BCUT2D eigenvalue weighted by Crippen LogP contribution is -2.47. The molecule has 1 fully saturated rings. The smallest absolute Gasteiger partial charge is 0.290 e. The van der Waals surface area contributed by atoms with Crippen molar-refractivity contribution in [2.24, 2.45) is 0 Å². The molecule has 2 rings (SSSR count). The van der Waals surface area contributed by atoms with Crippen molar-refractivity contribution in [2.75, 3.05) is 6.54 Å². The molecule has 0 bridgehead atoms. The summed E-state index contributed by atoms with van der Waals surface area (Å²) in [7, 11) is 0. The summed E-state index contributed by atoms with van der Waals surface area (Å²) in [4.78, 5) is 22.0. The van der Waals surface area contributed by atoms with Crippen LogP contribution in [0, 0.1) is 10.1 Å². The zero-order valence-corrected chi connectivity index (χ0v) is 11.9. The third-order valence-corrected chi connectivity index (χ3v) is 4.12. The van der Waals surface area contributed by atoms with Gasteiger partial charge in [-0.05, 0) is 25.3 Å². The first-order valence-electron chi connectivity index (χ1n) is 5.96. The van der Waals surface area contributed by atoms with Crippen LogP contribution in [0.25, 0.3) is 0 Å². The number of benzene rings is 1. The number of nitrogens with zero attached hydrogens (tertiary/aromatic N) is 1. The first kappa shape index (κ1) is 15.0. The van der Waals surface area contributed by atoms with E-state index in [0.717, 1.165) is 12.5 Å². The van der Waals surface area contributed by atoms with Gasteiger partial charge in [0, 0.05) is 18.2 Å². The Morgan fingerprint density at radius 3 is 2.60 bits per heavy atom. The second-order valence-corrected chi connectivity index (χ2v) is 5.59. The van der Waals surface area contributed by atoms with Crippen molar-refractivity contribution in [2.45, 2.75) is 24.9 Å². The summed E-state index contributed by atoms with van der Waals surface area (Å²) in [5.74, 6) is -0.535. The van der Waals surface area contributed by atoms with Gasteiger partial charge in [0.2, 0.25) is 0 Å². The number of hydrogen-bond donors (Lipinski definition) is 2. The SMILES string of the molecule is O=C(NCC1(O)CCC1)c1cc(Cl)c(Cl)c([N+](=O)[O-])c1. The van der Waals surface area contributed by atoms with Crippen molar-refractivity contribution >= 4 is 34.8 Å². The van der Waals surface area contributed by atoms with Crippen molar-refractivity contribution in [3.63, 3.8) is 0 Å². The van der Waals surface area contributed by atoms with Crippen LogP contribution >= 0.6 is 23.2 Å². The van der Waals surface area contributed by atoms with Gasteiger partial charge in [0.05, 0.1) is 15.5 Å². The van der Waals surface area contributed by atoms with Crippen molar-refractivity contribution in [1.29, 1.82) is 0 Å². The molecule has 0 aromatic heterocycles. The van der Waals surface area contributed by atoms with E-state index >= 15 is 0 Å². The highest BCUT2D eigenvalue weighted by Crippen LogP contribution is 2.33. The van der Waals surface area contributed by atoms with Crippen molar-refractivity contribution in [1.82, 2.24) is 5.32 Å². The molecule has 0 unspecified atom stereocenters. The zero-order chi connectivity index (χ0) is 14.9. The Morgan fingerprint density at radius 2 is 2.10 bits per heavy atom. The molecule has 2 N–H and O–H groups in total. The van der Waals surface area contributed by atoms with Gasteiger partial charge < -0.3 is 10.4 Å². The first-order chi connectivity index (χ1) is 9.32. The Balaban J connectivity index is 2.15. The van der Waals surface area contributed by atoms with Gasteiger partial charge in [-0.3, -0.25) is 14.9 Å². The second kappa shape index (κ2) is 5.55. The number of aliphatic hydroxyl groups is 1. The van der Waals surface area contributed by atoms with E-state index < -0.39 is 22.1 Å². The molecular weight excluding hydrogens is 307 g/mol. The summed E-state index contributed by atoms with van der Waals surface area (Å²) in [6.45, 7) is 0.111. The number of hydrogen-bond acceptors (Lipinski definition) is 4. The number of halogens is 2. The van der Waals surface area contributed by atoms with Crippen LogP contribution in [-0.2, 0) is 0 Å². The van der Waals surface area contributed by atoms with E-state index in [0.29, 0.717) is 12.8 Å². The van der Waals surface area contributed by atoms with Gasteiger partial charge in [-0.1, -0.05) is 23.2 Å². The van der Waals surface area contributed by atoms with Gasteiger partial charge in [-0.15, -0.1) is 0 Å². The normalized spacial score (nSPS) is 16.4. The Labute approximate surface area is 124 Å². The van der Waals surface area contributed by atoms with E-state index in [-0.39, 0.29) is 22.2 Å². The maximum atomic E-state index is 11.9. The highest BCUT2D eigenvalue weighted by atomic mass is 35.5. The van der Waals surface area contributed by atoms with Gasteiger partial charge in [-0.25, -0.2) is 0 Å². The van der Waals surface area contributed by atoms with Crippen LogP contribution in [0.3, 0.4) is 0 Å². The predicted octanol–water partition coefficient (Wildman–Crippen LogP) is 2.55. The van der Waals surface area contributed by atoms with Crippen LogP contribution < -0.4 is 5.32 Å². The predicted molar refractivity (Wildman–Crippen MR) is 74.3 cm³/mol. The Kier molecular flexibility index (Phi) is 4.17. The number of rotatable bonds is 4. The van der Waals surface area contributed by atoms with Crippen molar-refractivity contribution in [3.05, 3.63) is 37.9 Å². The van der Waals surface area contributed by atoms with Gasteiger partial charge in [0.1, 0.15) is 5.02 Å². The molecule has 1 aliphatic carbocycles. The van der Waals surface area contributed by atoms with E-state index in [1.165, 1.54) is 6.07 Å². The van der Waals surface area contributed by atoms with Gasteiger partial charge in [0.15, 0.2) is 0 Å². The highest BCUT2D eigenvalue weighted by Gasteiger charge is 2.34. The molecule has 0 spiro atoms. The lowest BCUT2D eigenvalue weighted by Gasteiger charge is -2.36. The Morgan fingerprint density at radius 1 is 1.45 bits per heavy atom. The molecule has 0 radical (unpaired) electrons. The van der Waals surface area contributed by atoms with E-state index in [1.807, 2.05) is 0 Å². The number of carbonyl (C=O) groups is 1. The molecule has 0 heterocycles. The highest BCUT2D eigenvalue weighted by molar-refractivity contribution is 6.43. The van der Waals surface area contributed by atoms with Crippen molar-refractivity contribution < 1.29 is 14.8 Å². The average molecular weight is 319 g/mol. The fourth-order valence-corrected chi connectivity index (χ4v) is 2.34. The third-order valence-electron chi connectivity index (χ3n) is 3.33. The summed E-state index contributed by atoms with van der Waals surface area (Å²) in [5.41, 5.74) is -1.25. The number of carbonyl (C=O) groups excluding carboxylic acids is 1. The third kappa shape index (κ3) is 3.03. The Bertz CT molecular complexity index is 573. The first-order valence-corrected chi connectivity index (χ1v) is 6.72. The van der Waals surface area contributed by atoms with E-state index in [4.69, 9.17) is 23.2 Å². The lowest BCUT2D eigenvalue weighted by molar-refractivity contribution is -0.384. The molecule has 1 aromatic carbocycles. The summed E-state index contributed by atoms with van der Waals surface area (Å²) in [6, 6.07) is 2.32. The minimum Gasteiger partial charge on any atom is -0.388 e. The van der Waals surface area contributed by atoms with E-state index in [2.05, 4.69) is 5.32 Å². The molecule has 0 saturated heterocycles. The lowest BCUT2D eigenvalue weighted by atomic mass is 9.80. The van der Waals surface area contributed by atoms with E-state index in [9.17, 15) is 20.0 Å². The standard InChI is InChI=1S/C12H12Cl2N2O4/c13-8-4-7(5-9(10(8)14)16(19)20)11(17)15-6-12(18)2-1-3-12/h4-5,18H,1-3,6H2,(H,15,17). The maximum absolute atomic E-state index is 11.9. The molecule has 108 valence electrons. The second-order valence-electron chi connectivity index (χ2n) is 4.81. The van der Waals surface area contributed by atoms with Gasteiger partial charge in [0.25, 0.3) is 11.6 Å². The molecule has 6 nitrogen and oxygen atoms in total. The topological polar surface area (TPSA) is 92.5 Å². The minimum absolute atomic E-state index is 0.0361. The monoisotopic (exact) mass is 318 g/mol. The largest absolute Gasteiger partial charge is 0.388 e. The molecule has 1 amide bonds. The molecule has 0 atom stereocenters. The number of nitro groups is 1. The average Bonchev–Trinajstić information content (AvgIpc) is 2.36. The zero-order valence-electron chi connectivity index (χ0n) is 10.4. The number of nitrogens with one attached hydrogen (secondary N) is 1. The summed E-state index contributed by atoms with van der Waals surface area (Å²) < 4.78 is 0. The molecule has 1 saturated carbocycles. The number of amides is 1. The maximum Gasteiger partial charge on any atom is 0.290 e. The molecule has 1 aliphatic rings. The fourth-order valence-electron chi connectivity index (χ4n) is 1.95. The molecule has 1 aromatic rings. The molecular formula is C12H12Cl2N2O4. The molecule has 20 heavy (non-hydrogen) atoms. The van der Waals surface area contributed by atoms with Crippen LogP contribution in [0.15, 0.2) is 12.1 Å². The summed E-state index contributed by atoms with van der Waals surface area (Å²) >= 11 is 11.5. The van der Waals surface area contributed by atoms with Crippen LogP contribution in [-0.4, -0.2) is 28.1 Å². The van der Waals surface area contributed by atoms with Gasteiger partial charge >= 0.3 is 0 Å². The van der Waals surface area contributed by atoms with Crippen LogP contribution in [0.1, 0.15) is 29.6 Å². The fraction of sp³-hybridized carbons (Fsp3) is 0.417. The molecule has 8 heteroatoms. The van der Waals surface area contributed by atoms with E-state index in [1.54, 1.807) is 0 Å². The van der Waals surface area contributed by atoms with Crippen LogP contribution in [0.5, 0.6) is 0 Å². The van der Waals surface area contributed by atoms with Crippen molar-refractivity contribution in [3.8, 4) is 0 Å². The summed E-state index contributed by atoms with van der Waals surface area (Å²) in [6.07, 6.45) is 2.19. The quantitative estimate of drug-likeness (QED) is 0.659.